The number of hydrogen-bond acceptors (Lipinski definition) is 2. The minimum absolute atomic E-state index is 0.121. The Bertz CT molecular complexity index is 591. The molecular formula is C16H16N2O. The van der Waals surface area contributed by atoms with Crippen LogP contribution in [-0.4, -0.2) is 17.4 Å². The van der Waals surface area contributed by atoms with Crippen molar-refractivity contribution in [2.24, 2.45) is 0 Å². The molecular weight excluding hydrogens is 236 g/mol. The Balaban J connectivity index is 2.27. The topological polar surface area (TPSA) is 42.0 Å². The smallest absolute Gasteiger partial charge is 0.253 e. The molecule has 96 valence electrons. The largest absolute Gasteiger partial charge is 0.349 e. The first-order valence-corrected chi connectivity index (χ1v) is 6.14. The average molecular weight is 252 g/mol. The molecule has 0 aliphatic rings. The van der Waals surface area contributed by atoms with Gasteiger partial charge in [-0.1, -0.05) is 36.4 Å². The Kier molecular flexibility index (Phi) is 4.08. The summed E-state index contributed by atoms with van der Waals surface area (Å²) in [7, 11) is 0. The molecule has 0 bridgehead atoms. The van der Waals surface area contributed by atoms with Gasteiger partial charge in [-0.15, -0.1) is 6.58 Å². The number of aryl methyl sites for hydroxylation is 1. The molecule has 1 aromatic heterocycles. The molecule has 3 heteroatoms. The van der Waals surface area contributed by atoms with E-state index in [2.05, 4.69) is 16.9 Å². The van der Waals surface area contributed by atoms with Gasteiger partial charge in [0, 0.05) is 12.1 Å². The van der Waals surface area contributed by atoms with Gasteiger partial charge in [-0.05, 0) is 19.1 Å². The first kappa shape index (κ1) is 13.0. The van der Waals surface area contributed by atoms with Gasteiger partial charge in [-0.25, -0.2) is 0 Å². The number of carbonyl (C=O) groups is 1. The Morgan fingerprint density at radius 3 is 2.63 bits per heavy atom. The molecule has 3 nitrogen and oxygen atoms in total. The molecule has 2 rings (SSSR count). The lowest BCUT2D eigenvalue weighted by molar-refractivity contribution is 0.0957. The maximum atomic E-state index is 11.9. The minimum atomic E-state index is -0.121. The zero-order valence-electron chi connectivity index (χ0n) is 10.9. The highest BCUT2D eigenvalue weighted by molar-refractivity contribution is 5.95. The second-order valence-electron chi connectivity index (χ2n) is 4.19. The number of amides is 1. The molecule has 0 spiro atoms. The number of rotatable bonds is 4. The van der Waals surface area contributed by atoms with Crippen LogP contribution in [0.2, 0.25) is 0 Å². The van der Waals surface area contributed by atoms with Gasteiger partial charge >= 0.3 is 0 Å². The number of aromatic nitrogens is 1. The van der Waals surface area contributed by atoms with Crippen molar-refractivity contribution in [3.8, 4) is 11.3 Å². The lowest BCUT2D eigenvalue weighted by atomic mass is 10.1. The van der Waals surface area contributed by atoms with Gasteiger partial charge in [0.2, 0.25) is 0 Å². The summed E-state index contributed by atoms with van der Waals surface area (Å²) >= 11 is 0. The van der Waals surface area contributed by atoms with Gasteiger partial charge in [0.25, 0.3) is 5.91 Å². The van der Waals surface area contributed by atoms with Crippen molar-refractivity contribution < 1.29 is 4.79 Å². The van der Waals surface area contributed by atoms with E-state index < -0.39 is 0 Å². The SMILES string of the molecule is C=CCNC(=O)c1ccc(-c2ccccc2)nc1C. The zero-order chi connectivity index (χ0) is 13.7. The molecule has 0 aliphatic carbocycles. The van der Waals surface area contributed by atoms with Gasteiger partial charge in [0.05, 0.1) is 17.0 Å². The van der Waals surface area contributed by atoms with Crippen LogP contribution < -0.4 is 5.32 Å². The maximum Gasteiger partial charge on any atom is 0.253 e. The maximum absolute atomic E-state index is 11.9. The van der Waals surface area contributed by atoms with E-state index in [4.69, 9.17) is 0 Å². The monoisotopic (exact) mass is 252 g/mol. The van der Waals surface area contributed by atoms with Crippen LogP contribution in [0.1, 0.15) is 16.1 Å². The molecule has 0 unspecified atom stereocenters. The van der Waals surface area contributed by atoms with Crippen molar-refractivity contribution >= 4 is 5.91 Å². The third kappa shape index (κ3) is 3.07. The van der Waals surface area contributed by atoms with Crippen LogP contribution >= 0.6 is 0 Å². The normalized spacial score (nSPS) is 9.95. The highest BCUT2D eigenvalue weighted by Crippen LogP contribution is 2.18. The molecule has 0 aliphatic heterocycles. The summed E-state index contributed by atoms with van der Waals surface area (Å²) in [4.78, 5) is 16.4. The number of benzene rings is 1. The summed E-state index contributed by atoms with van der Waals surface area (Å²) in [5.41, 5.74) is 3.24. The Morgan fingerprint density at radius 2 is 2.00 bits per heavy atom. The van der Waals surface area contributed by atoms with E-state index in [1.165, 1.54) is 0 Å². The molecule has 0 saturated heterocycles. The average Bonchev–Trinajstić information content (AvgIpc) is 2.45. The van der Waals surface area contributed by atoms with E-state index in [-0.39, 0.29) is 5.91 Å². The standard InChI is InChI=1S/C16H16N2O/c1-3-11-17-16(19)14-9-10-15(18-12(14)2)13-7-5-4-6-8-13/h3-10H,1,11H2,2H3,(H,17,19). The van der Waals surface area contributed by atoms with Crippen LogP contribution in [0.25, 0.3) is 11.3 Å². The fourth-order valence-corrected chi connectivity index (χ4v) is 1.83. The summed E-state index contributed by atoms with van der Waals surface area (Å²) < 4.78 is 0. The number of carbonyl (C=O) groups excluding carboxylic acids is 1. The third-order valence-electron chi connectivity index (χ3n) is 2.81. The van der Waals surface area contributed by atoms with Gasteiger partial charge in [-0.3, -0.25) is 9.78 Å². The minimum Gasteiger partial charge on any atom is -0.349 e. The van der Waals surface area contributed by atoms with Crippen LogP contribution in [0.15, 0.2) is 55.1 Å². The van der Waals surface area contributed by atoms with Gasteiger partial charge in [-0.2, -0.15) is 0 Å². The molecule has 1 heterocycles. The molecule has 1 amide bonds. The number of hydrogen-bond donors (Lipinski definition) is 1. The Hall–Kier alpha value is -2.42. The van der Waals surface area contributed by atoms with E-state index >= 15 is 0 Å². The van der Waals surface area contributed by atoms with Crippen LogP contribution in [-0.2, 0) is 0 Å². The predicted molar refractivity (Wildman–Crippen MR) is 76.9 cm³/mol. The van der Waals surface area contributed by atoms with Crippen molar-refractivity contribution in [3.63, 3.8) is 0 Å². The van der Waals surface area contributed by atoms with E-state index in [1.54, 1.807) is 6.08 Å². The first-order valence-electron chi connectivity index (χ1n) is 6.14. The van der Waals surface area contributed by atoms with E-state index in [0.717, 1.165) is 17.0 Å². The number of nitrogens with zero attached hydrogens (tertiary/aromatic N) is 1. The lowest BCUT2D eigenvalue weighted by Crippen LogP contribution is -2.24. The van der Waals surface area contributed by atoms with Crippen molar-refractivity contribution in [2.75, 3.05) is 6.54 Å². The van der Waals surface area contributed by atoms with Gasteiger partial charge in [0.15, 0.2) is 0 Å². The molecule has 0 fully saturated rings. The highest BCUT2D eigenvalue weighted by atomic mass is 16.1. The molecule has 1 N–H and O–H groups in total. The molecule has 2 aromatic rings. The summed E-state index contributed by atoms with van der Waals surface area (Å²) in [6.07, 6.45) is 1.65. The van der Waals surface area contributed by atoms with Crippen molar-refractivity contribution in [3.05, 3.63) is 66.4 Å². The van der Waals surface area contributed by atoms with Crippen molar-refractivity contribution in [1.82, 2.24) is 10.3 Å². The number of pyridine rings is 1. The Labute approximate surface area is 113 Å². The Morgan fingerprint density at radius 1 is 1.26 bits per heavy atom. The molecule has 19 heavy (non-hydrogen) atoms. The van der Waals surface area contributed by atoms with Crippen LogP contribution in [0.5, 0.6) is 0 Å². The third-order valence-corrected chi connectivity index (χ3v) is 2.81. The first-order chi connectivity index (χ1) is 9.22. The van der Waals surface area contributed by atoms with Crippen molar-refractivity contribution in [1.29, 1.82) is 0 Å². The summed E-state index contributed by atoms with van der Waals surface area (Å²) in [5, 5.41) is 2.75. The predicted octanol–water partition coefficient (Wildman–Crippen LogP) is 2.97. The van der Waals surface area contributed by atoms with E-state index in [0.29, 0.717) is 12.1 Å². The highest BCUT2D eigenvalue weighted by Gasteiger charge is 2.10. The van der Waals surface area contributed by atoms with Crippen LogP contribution in [0.3, 0.4) is 0 Å². The van der Waals surface area contributed by atoms with E-state index in [9.17, 15) is 4.79 Å². The van der Waals surface area contributed by atoms with Gasteiger partial charge in [0.1, 0.15) is 0 Å². The summed E-state index contributed by atoms with van der Waals surface area (Å²) in [5.74, 6) is -0.121. The molecule has 0 atom stereocenters. The van der Waals surface area contributed by atoms with Crippen molar-refractivity contribution in [2.45, 2.75) is 6.92 Å². The second-order valence-corrected chi connectivity index (χ2v) is 4.19. The number of nitrogens with one attached hydrogen (secondary N) is 1. The van der Waals surface area contributed by atoms with Crippen LogP contribution in [0.4, 0.5) is 0 Å². The second kappa shape index (κ2) is 5.96. The molecule has 0 saturated carbocycles. The summed E-state index contributed by atoms with van der Waals surface area (Å²) in [6.45, 7) is 5.87. The molecule has 0 radical (unpaired) electrons. The van der Waals surface area contributed by atoms with E-state index in [1.807, 2.05) is 49.4 Å². The van der Waals surface area contributed by atoms with Crippen LogP contribution in [0, 0.1) is 6.92 Å². The summed E-state index contributed by atoms with van der Waals surface area (Å²) in [6, 6.07) is 13.6. The fraction of sp³-hybridized carbons (Fsp3) is 0.125. The molecule has 1 aromatic carbocycles. The lowest BCUT2D eigenvalue weighted by Gasteiger charge is -2.07. The van der Waals surface area contributed by atoms with Gasteiger partial charge < -0.3 is 5.32 Å². The quantitative estimate of drug-likeness (QED) is 0.850. The fourth-order valence-electron chi connectivity index (χ4n) is 1.83. The zero-order valence-corrected chi connectivity index (χ0v) is 10.9.